The molecule has 7 heteroatoms. The van der Waals surface area contributed by atoms with E-state index in [-0.39, 0.29) is 12.2 Å². The van der Waals surface area contributed by atoms with Gasteiger partial charge in [0.25, 0.3) is 0 Å². The normalized spacial score (nSPS) is 18.3. The van der Waals surface area contributed by atoms with Crippen molar-refractivity contribution in [2.24, 2.45) is 5.41 Å². The summed E-state index contributed by atoms with van der Waals surface area (Å²) in [4.78, 5) is 19.4. The van der Waals surface area contributed by atoms with Crippen LogP contribution < -0.4 is 14.4 Å². The summed E-state index contributed by atoms with van der Waals surface area (Å²) in [5.41, 5.74) is 3.57. The number of anilines is 1. The fraction of sp³-hybridized carbons (Fsp3) is 0.538. The lowest BCUT2D eigenvalue weighted by Gasteiger charge is -2.41. The number of aliphatic carboxylic acids is 1. The van der Waals surface area contributed by atoms with Gasteiger partial charge in [0.1, 0.15) is 0 Å². The maximum Gasteiger partial charge on any atom is 0.337 e. The SMILES string of the molecule is Cc1ncc(-c2ccc3c(c2)OCO3)c(N2CCC(C)(C)CC2)c1[C@H](OC(C)(C)C)C(=O)O. The monoisotopic (exact) mass is 454 g/mol. The summed E-state index contributed by atoms with van der Waals surface area (Å²) in [6, 6.07) is 5.80. The van der Waals surface area contributed by atoms with Crippen LogP contribution in [0.4, 0.5) is 5.69 Å². The van der Waals surface area contributed by atoms with Crippen molar-refractivity contribution < 1.29 is 24.1 Å². The van der Waals surface area contributed by atoms with Gasteiger partial charge in [-0.05, 0) is 63.6 Å². The maximum absolute atomic E-state index is 12.5. The number of hydrogen-bond acceptors (Lipinski definition) is 6. The molecule has 178 valence electrons. The summed E-state index contributed by atoms with van der Waals surface area (Å²) in [6.45, 7) is 13.9. The van der Waals surface area contributed by atoms with Gasteiger partial charge in [-0.1, -0.05) is 19.9 Å². The second-order valence-electron chi connectivity index (χ2n) is 10.7. The van der Waals surface area contributed by atoms with Crippen LogP contribution in [0.1, 0.15) is 64.8 Å². The lowest BCUT2D eigenvalue weighted by Crippen LogP contribution is -2.39. The van der Waals surface area contributed by atoms with Gasteiger partial charge in [-0.3, -0.25) is 4.98 Å². The van der Waals surface area contributed by atoms with Crippen LogP contribution in [0.2, 0.25) is 0 Å². The molecule has 0 unspecified atom stereocenters. The molecule has 7 nitrogen and oxygen atoms in total. The number of benzene rings is 1. The first-order valence-electron chi connectivity index (χ1n) is 11.5. The molecule has 0 spiro atoms. The first kappa shape index (κ1) is 23.4. The Morgan fingerprint density at radius 3 is 2.48 bits per heavy atom. The van der Waals surface area contributed by atoms with E-state index in [1.54, 1.807) is 0 Å². The standard InChI is InChI=1S/C26H34N2O5/c1-16-21(23(24(29)30)33-25(2,3)4)22(28-11-9-26(5,6)10-12-28)18(14-27-16)17-7-8-19-20(13-17)32-15-31-19/h7-8,13-14,23H,9-12,15H2,1-6H3,(H,29,30)/t23-/m0/s1. The fourth-order valence-electron chi connectivity index (χ4n) is 4.46. The molecule has 1 fully saturated rings. The predicted octanol–water partition coefficient (Wildman–Crippen LogP) is 5.35. The summed E-state index contributed by atoms with van der Waals surface area (Å²) >= 11 is 0. The summed E-state index contributed by atoms with van der Waals surface area (Å²) in [5.74, 6) is 0.372. The van der Waals surface area contributed by atoms with Crippen molar-refractivity contribution in [1.29, 1.82) is 0 Å². The highest BCUT2D eigenvalue weighted by Crippen LogP contribution is 2.45. The highest BCUT2D eigenvalue weighted by atomic mass is 16.7. The van der Waals surface area contributed by atoms with Crippen molar-refractivity contribution in [3.8, 4) is 22.6 Å². The number of nitrogens with zero attached hydrogens (tertiary/aromatic N) is 2. The van der Waals surface area contributed by atoms with E-state index in [1.807, 2.05) is 52.1 Å². The zero-order valence-electron chi connectivity index (χ0n) is 20.4. The molecule has 4 rings (SSSR count). The molecule has 0 aliphatic carbocycles. The zero-order valence-corrected chi connectivity index (χ0v) is 20.4. The van der Waals surface area contributed by atoms with Crippen molar-refractivity contribution in [2.75, 3.05) is 24.8 Å². The van der Waals surface area contributed by atoms with Crippen LogP contribution >= 0.6 is 0 Å². The first-order valence-corrected chi connectivity index (χ1v) is 11.5. The largest absolute Gasteiger partial charge is 0.479 e. The molecule has 1 aromatic carbocycles. The average Bonchev–Trinajstić information content (AvgIpc) is 3.19. The molecule has 33 heavy (non-hydrogen) atoms. The quantitative estimate of drug-likeness (QED) is 0.652. The molecule has 0 amide bonds. The van der Waals surface area contributed by atoms with Crippen LogP contribution in [0.25, 0.3) is 11.1 Å². The van der Waals surface area contributed by atoms with Crippen LogP contribution in [-0.2, 0) is 9.53 Å². The highest BCUT2D eigenvalue weighted by Gasteiger charge is 2.36. The molecule has 2 aliphatic heterocycles. The van der Waals surface area contributed by atoms with Gasteiger partial charge in [0.15, 0.2) is 17.6 Å². The highest BCUT2D eigenvalue weighted by molar-refractivity contribution is 5.87. The van der Waals surface area contributed by atoms with Gasteiger partial charge < -0.3 is 24.2 Å². The number of hydrogen-bond donors (Lipinski definition) is 1. The van der Waals surface area contributed by atoms with E-state index in [1.165, 1.54) is 0 Å². The minimum Gasteiger partial charge on any atom is -0.479 e. The van der Waals surface area contributed by atoms with E-state index < -0.39 is 17.7 Å². The molecular formula is C26H34N2O5. The number of carboxylic acid groups (broad SMARTS) is 1. The molecule has 1 aromatic heterocycles. The Morgan fingerprint density at radius 1 is 1.18 bits per heavy atom. The fourth-order valence-corrected chi connectivity index (χ4v) is 4.46. The Hall–Kier alpha value is -2.80. The molecule has 1 saturated heterocycles. The zero-order chi connectivity index (χ0) is 24.0. The Balaban J connectivity index is 1.90. The van der Waals surface area contributed by atoms with Gasteiger partial charge in [-0.25, -0.2) is 4.79 Å². The molecule has 0 bridgehead atoms. The van der Waals surface area contributed by atoms with Gasteiger partial charge >= 0.3 is 5.97 Å². The van der Waals surface area contributed by atoms with Gasteiger partial charge in [-0.2, -0.15) is 0 Å². The average molecular weight is 455 g/mol. The van der Waals surface area contributed by atoms with Gasteiger partial charge in [0.05, 0.1) is 11.3 Å². The van der Waals surface area contributed by atoms with E-state index in [4.69, 9.17) is 14.2 Å². The lowest BCUT2D eigenvalue weighted by atomic mass is 9.82. The number of aryl methyl sites for hydroxylation is 1. The predicted molar refractivity (Wildman–Crippen MR) is 127 cm³/mol. The van der Waals surface area contributed by atoms with Crippen molar-refractivity contribution in [3.63, 3.8) is 0 Å². The number of aromatic nitrogens is 1. The Labute approximate surface area is 195 Å². The number of carboxylic acids is 1. The molecule has 1 N–H and O–H groups in total. The number of carbonyl (C=O) groups is 1. The Morgan fingerprint density at radius 2 is 1.85 bits per heavy atom. The number of ether oxygens (including phenoxy) is 3. The van der Waals surface area contributed by atoms with E-state index in [0.717, 1.165) is 42.7 Å². The van der Waals surface area contributed by atoms with Crippen molar-refractivity contribution in [2.45, 2.75) is 66.1 Å². The summed E-state index contributed by atoms with van der Waals surface area (Å²) in [5, 5.41) is 10.2. The van der Waals surface area contributed by atoms with Gasteiger partial charge in [0, 0.05) is 36.1 Å². The third-order valence-electron chi connectivity index (χ3n) is 6.36. The van der Waals surface area contributed by atoms with Gasteiger partial charge in [-0.15, -0.1) is 0 Å². The molecule has 3 heterocycles. The van der Waals surface area contributed by atoms with E-state index >= 15 is 0 Å². The summed E-state index contributed by atoms with van der Waals surface area (Å²) in [7, 11) is 0. The Kier molecular flexibility index (Phi) is 6.03. The molecule has 0 radical (unpaired) electrons. The van der Waals surface area contributed by atoms with Gasteiger partial charge in [0.2, 0.25) is 6.79 Å². The van der Waals surface area contributed by atoms with Crippen LogP contribution in [0.5, 0.6) is 11.5 Å². The topological polar surface area (TPSA) is 81.1 Å². The number of fused-ring (bicyclic) bond motifs is 1. The third kappa shape index (κ3) is 4.93. The second kappa shape index (κ2) is 8.52. The van der Waals surface area contributed by atoms with E-state index in [9.17, 15) is 9.90 Å². The number of pyridine rings is 1. The molecular weight excluding hydrogens is 420 g/mol. The Bertz CT molecular complexity index is 1050. The summed E-state index contributed by atoms with van der Waals surface area (Å²) in [6.07, 6.45) is 2.75. The molecule has 0 saturated carbocycles. The van der Waals surface area contributed by atoms with Crippen LogP contribution in [0, 0.1) is 12.3 Å². The smallest absolute Gasteiger partial charge is 0.337 e. The minimum absolute atomic E-state index is 0.199. The van der Waals surface area contributed by atoms with Crippen molar-refractivity contribution in [1.82, 2.24) is 4.98 Å². The van der Waals surface area contributed by atoms with Crippen LogP contribution in [0.3, 0.4) is 0 Å². The van der Waals surface area contributed by atoms with Crippen LogP contribution in [0.15, 0.2) is 24.4 Å². The van der Waals surface area contributed by atoms with E-state index in [0.29, 0.717) is 22.8 Å². The van der Waals surface area contributed by atoms with Crippen molar-refractivity contribution >= 4 is 11.7 Å². The van der Waals surface area contributed by atoms with E-state index in [2.05, 4.69) is 23.7 Å². The molecule has 2 aromatic rings. The van der Waals surface area contributed by atoms with Crippen molar-refractivity contribution in [3.05, 3.63) is 35.7 Å². The number of piperidine rings is 1. The van der Waals surface area contributed by atoms with Crippen LogP contribution in [-0.4, -0.2) is 41.5 Å². The lowest BCUT2D eigenvalue weighted by molar-refractivity contribution is -0.160. The second-order valence-corrected chi connectivity index (χ2v) is 10.7. The first-order chi connectivity index (χ1) is 15.5. The third-order valence-corrected chi connectivity index (χ3v) is 6.36. The molecule has 2 aliphatic rings. The number of rotatable bonds is 5. The maximum atomic E-state index is 12.5. The molecule has 1 atom stereocenters. The summed E-state index contributed by atoms with van der Waals surface area (Å²) < 4.78 is 17.2. The minimum atomic E-state index is -1.13.